The van der Waals surface area contributed by atoms with Gasteiger partial charge in [0.05, 0.1) is 23.4 Å². The summed E-state index contributed by atoms with van der Waals surface area (Å²) in [6.07, 6.45) is 3.75. The Hall–Kier alpha value is -1.83. The summed E-state index contributed by atoms with van der Waals surface area (Å²) < 4.78 is 1.97. The number of hydrogen-bond donors (Lipinski definition) is 3. The first kappa shape index (κ1) is 18.2. The zero-order chi connectivity index (χ0) is 19.6. The number of carbonyl (C=O) groups is 1. The van der Waals surface area contributed by atoms with Crippen LogP contribution in [0.2, 0.25) is 5.02 Å². The van der Waals surface area contributed by atoms with Crippen LogP contribution in [0.4, 0.5) is 4.79 Å². The molecule has 2 fully saturated rings. The van der Waals surface area contributed by atoms with Crippen molar-refractivity contribution in [2.75, 3.05) is 13.1 Å². The van der Waals surface area contributed by atoms with Crippen molar-refractivity contribution in [2.24, 2.45) is 5.92 Å². The number of aliphatic hydroxyl groups excluding tert-OH is 2. The fourth-order valence-electron chi connectivity index (χ4n) is 5.20. The Labute approximate surface area is 168 Å². The van der Waals surface area contributed by atoms with Crippen LogP contribution in [0.5, 0.6) is 0 Å². The van der Waals surface area contributed by atoms with Gasteiger partial charge >= 0.3 is 6.03 Å². The van der Waals surface area contributed by atoms with E-state index in [1.165, 1.54) is 0 Å². The van der Waals surface area contributed by atoms with E-state index in [1.54, 1.807) is 0 Å². The second-order valence-corrected chi connectivity index (χ2v) is 9.09. The van der Waals surface area contributed by atoms with Crippen LogP contribution in [0.3, 0.4) is 0 Å². The number of carbonyl (C=O) groups excluding carboxylic acids is 1. The van der Waals surface area contributed by atoms with Crippen molar-refractivity contribution in [2.45, 2.75) is 56.4 Å². The normalized spacial score (nSPS) is 32.6. The second kappa shape index (κ2) is 6.34. The fourth-order valence-corrected chi connectivity index (χ4v) is 5.44. The van der Waals surface area contributed by atoms with Crippen molar-refractivity contribution in [1.82, 2.24) is 20.0 Å². The van der Waals surface area contributed by atoms with E-state index in [0.29, 0.717) is 31.0 Å². The van der Waals surface area contributed by atoms with Crippen molar-refractivity contribution in [1.29, 1.82) is 0 Å². The third-order valence-corrected chi connectivity index (χ3v) is 7.23. The molecule has 1 unspecified atom stereocenters. The molecule has 2 amide bonds. The molecule has 1 saturated heterocycles. The number of benzene rings is 1. The largest absolute Gasteiger partial charge is 0.393 e. The minimum Gasteiger partial charge on any atom is -0.393 e. The van der Waals surface area contributed by atoms with Gasteiger partial charge in [0.2, 0.25) is 0 Å². The number of aromatic nitrogens is 2. The van der Waals surface area contributed by atoms with Gasteiger partial charge in [-0.3, -0.25) is 4.68 Å². The standard InChI is InChI=1S/C20H25ClN4O3/c1-20(18(27)16-7-13(21)6-11-10-22-25(20)17(11)16)12-2-4-24(5-3-12)19(28)23-14-8-15(26)9-14/h6-7,10,12,14-15,18,26-27H,2-5,8-9H2,1H3,(H,23,28)/t14?,15?,18-,20?/m1/s1. The summed E-state index contributed by atoms with van der Waals surface area (Å²) in [6.45, 7) is 3.36. The average Bonchev–Trinajstić information content (AvgIpc) is 3.17. The Bertz CT molecular complexity index is 933. The number of aliphatic hydroxyl groups is 2. The molecule has 3 N–H and O–H groups in total. The van der Waals surface area contributed by atoms with E-state index in [1.807, 2.05) is 27.9 Å². The summed E-state index contributed by atoms with van der Waals surface area (Å²) in [5, 5.41) is 29.7. The average molecular weight is 405 g/mol. The van der Waals surface area contributed by atoms with Crippen LogP contribution >= 0.6 is 11.6 Å². The Balaban J connectivity index is 1.32. The van der Waals surface area contributed by atoms with Crippen LogP contribution in [0.25, 0.3) is 10.9 Å². The monoisotopic (exact) mass is 404 g/mol. The molecule has 3 heterocycles. The molecule has 2 aromatic rings. The minimum absolute atomic E-state index is 0.0518. The Morgan fingerprint density at radius 2 is 2.00 bits per heavy atom. The number of hydrogen-bond acceptors (Lipinski definition) is 4. The molecule has 1 aliphatic carbocycles. The molecule has 2 atom stereocenters. The molecule has 3 aliphatic rings. The van der Waals surface area contributed by atoms with Gasteiger partial charge in [-0.15, -0.1) is 0 Å². The number of nitrogens with one attached hydrogen (secondary N) is 1. The zero-order valence-electron chi connectivity index (χ0n) is 15.8. The molecule has 0 bridgehead atoms. The topological polar surface area (TPSA) is 90.6 Å². The molecule has 150 valence electrons. The van der Waals surface area contributed by atoms with Gasteiger partial charge in [0.1, 0.15) is 6.10 Å². The summed E-state index contributed by atoms with van der Waals surface area (Å²) in [4.78, 5) is 14.3. The molecule has 1 aromatic carbocycles. The summed E-state index contributed by atoms with van der Waals surface area (Å²) in [5.41, 5.74) is 1.25. The number of rotatable bonds is 2. The van der Waals surface area contributed by atoms with Crippen molar-refractivity contribution in [3.63, 3.8) is 0 Å². The van der Waals surface area contributed by atoms with Gasteiger partial charge in [-0.25, -0.2) is 4.79 Å². The Morgan fingerprint density at radius 3 is 2.68 bits per heavy atom. The molecule has 28 heavy (non-hydrogen) atoms. The van der Waals surface area contributed by atoms with Gasteiger partial charge in [0.15, 0.2) is 0 Å². The SMILES string of the molecule is CC1(C2CCN(C(=O)NC3CC(O)C3)CC2)[C@H](O)c2cc(Cl)cc3cnn1c23. The summed E-state index contributed by atoms with van der Waals surface area (Å²) >= 11 is 6.23. The predicted octanol–water partition coefficient (Wildman–Crippen LogP) is 2.40. The molecule has 2 aliphatic heterocycles. The highest BCUT2D eigenvalue weighted by Gasteiger charge is 2.50. The smallest absolute Gasteiger partial charge is 0.317 e. The first-order valence-electron chi connectivity index (χ1n) is 9.97. The lowest BCUT2D eigenvalue weighted by molar-refractivity contribution is -0.0122. The van der Waals surface area contributed by atoms with Crippen LogP contribution < -0.4 is 5.32 Å². The maximum absolute atomic E-state index is 12.5. The number of nitrogens with zero attached hydrogens (tertiary/aromatic N) is 3. The highest BCUT2D eigenvalue weighted by atomic mass is 35.5. The van der Waals surface area contributed by atoms with Crippen molar-refractivity contribution >= 4 is 28.5 Å². The third-order valence-electron chi connectivity index (χ3n) is 7.01. The minimum atomic E-state index is -0.667. The summed E-state index contributed by atoms with van der Waals surface area (Å²) in [6, 6.07) is 3.76. The number of halogens is 1. The molecular weight excluding hydrogens is 380 g/mol. The summed E-state index contributed by atoms with van der Waals surface area (Å²) in [5.74, 6) is 0.200. The lowest BCUT2D eigenvalue weighted by Crippen LogP contribution is -2.54. The van der Waals surface area contributed by atoms with E-state index >= 15 is 0 Å². The van der Waals surface area contributed by atoms with Gasteiger partial charge in [-0.1, -0.05) is 11.6 Å². The van der Waals surface area contributed by atoms with Gasteiger partial charge < -0.3 is 20.4 Å². The molecule has 0 radical (unpaired) electrons. The number of piperidine rings is 1. The highest BCUT2D eigenvalue weighted by molar-refractivity contribution is 6.31. The van der Waals surface area contributed by atoms with E-state index in [4.69, 9.17) is 11.6 Å². The van der Waals surface area contributed by atoms with Crippen molar-refractivity contribution in [3.05, 3.63) is 28.9 Å². The van der Waals surface area contributed by atoms with Crippen LogP contribution in [0.1, 0.15) is 44.3 Å². The third kappa shape index (κ3) is 2.56. The number of likely N-dealkylation sites (tertiary alicyclic amines) is 1. The second-order valence-electron chi connectivity index (χ2n) is 8.65. The summed E-state index contributed by atoms with van der Waals surface area (Å²) in [7, 11) is 0. The molecule has 5 rings (SSSR count). The van der Waals surface area contributed by atoms with Gasteiger partial charge in [0.25, 0.3) is 0 Å². The molecule has 1 aromatic heterocycles. The van der Waals surface area contributed by atoms with E-state index in [0.717, 1.165) is 29.3 Å². The molecule has 1 saturated carbocycles. The van der Waals surface area contributed by atoms with Gasteiger partial charge in [-0.2, -0.15) is 5.10 Å². The van der Waals surface area contributed by atoms with E-state index in [-0.39, 0.29) is 24.1 Å². The van der Waals surface area contributed by atoms with E-state index in [9.17, 15) is 15.0 Å². The van der Waals surface area contributed by atoms with Crippen LogP contribution in [-0.2, 0) is 5.54 Å². The van der Waals surface area contributed by atoms with Crippen LogP contribution in [0, 0.1) is 5.92 Å². The van der Waals surface area contributed by atoms with Gasteiger partial charge in [0, 0.05) is 35.1 Å². The quantitative estimate of drug-likeness (QED) is 0.716. The van der Waals surface area contributed by atoms with Gasteiger partial charge in [-0.05, 0) is 50.7 Å². The number of amides is 2. The molecule has 0 spiro atoms. The van der Waals surface area contributed by atoms with Crippen LogP contribution in [0.15, 0.2) is 18.3 Å². The first-order chi connectivity index (χ1) is 13.4. The molecular formula is C20H25ClN4O3. The molecule has 7 nitrogen and oxygen atoms in total. The van der Waals surface area contributed by atoms with Crippen molar-refractivity contribution in [3.8, 4) is 0 Å². The lowest BCUT2D eigenvalue weighted by atomic mass is 9.75. The number of urea groups is 1. The Morgan fingerprint density at radius 1 is 1.29 bits per heavy atom. The predicted molar refractivity (Wildman–Crippen MR) is 105 cm³/mol. The maximum atomic E-state index is 12.5. The first-order valence-corrected chi connectivity index (χ1v) is 10.3. The van der Waals surface area contributed by atoms with E-state index in [2.05, 4.69) is 17.3 Å². The van der Waals surface area contributed by atoms with Crippen molar-refractivity contribution < 1.29 is 15.0 Å². The Kier molecular flexibility index (Phi) is 4.12. The highest BCUT2D eigenvalue weighted by Crippen LogP contribution is 2.51. The fraction of sp³-hybridized carbons (Fsp3) is 0.600. The van der Waals surface area contributed by atoms with Crippen LogP contribution in [-0.4, -0.2) is 56.2 Å². The zero-order valence-corrected chi connectivity index (χ0v) is 16.6. The van der Waals surface area contributed by atoms with E-state index < -0.39 is 11.6 Å². The molecule has 8 heteroatoms. The maximum Gasteiger partial charge on any atom is 0.317 e. The lowest BCUT2D eigenvalue weighted by Gasteiger charge is -2.43.